The van der Waals surface area contributed by atoms with Crippen molar-refractivity contribution in [3.8, 4) is 0 Å². The number of hydrogen-bond acceptors (Lipinski definition) is 4. The van der Waals surface area contributed by atoms with Crippen LogP contribution >= 0.6 is 30.3 Å². The second kappa shape index (κ2) is 4.73. The molecule has 17 heavy (non-hydrogen) atoms. The Hall–Kier alpha value is -0.960. The molecule has 0 aliphatic heterocycles. The van der Waals surface area contributed by atoms with Gasteiger partial charge in [-0.3, -0.25) is 8.77 Å². The Balaban J connectivity index is 2.89. The monoisotopic (exact) mass is 364 g/mol. The van der Waals surface area contributed by atoms with Crippen molar-refractivity contribution in [3.05, 3.63) is 34.4 Å². The highest BCUT2D eigenvalue weighted by Gasteiger charge is 2.17. The Kier molecular flexibility index (Phi) is 3.48. The predicted octanol–water partition coefficient (Wildman–Crippen LogP) is 1.97. The second-order valence-corrected chi connectivity index (χ2v) is 5.14. The van der Waals surface area contributed by atoms with Gasteiger partial charge in [0.15, 0.2) is 0 Å². The zero-order valence-electron chi connectivity index (χ0n) is 9.14. The SMILES string of the molecule is COC(=O)c1cn(C)c(=O)c2c1ccn2SI. The van der Waals surface area contributed by atoms with Crippen LogP contribution in [0.3, 0.4) is 0 Å². The fourth-order valence-electron chi connectivity index (χ4n) is 1.66. The number of rotatable bonds is 2. The van der Waals surface area contributed by atoms with Crippen LogP contribution in [-0.4, -0.2) is 21.6 Å². The van der Waals surface area contributed by atoms with Gasteiger partial charge in [-0.2, -0.15) is 0 Å². The van der Waals surface area contributed by atoms with Gasteiger partial charge in [0.2, 0.25) is 0 Å². The number of methoxy groups -OCH3 is 1. The summed E-state index contributed by atoms with van der Waals surface area (Å²) in [5, 5.41) is 0.615. The third-order valence-corrected chi connectivity index (χ3v) is 4.19. The minimum atomic E-state index is -0.443. The van der Waals surface area contributed by atoms with E-state index in [1.54, 1.807) is 23.3 Å². The molecule has 0 atom stereocenters. The largest absolute Gasteiger partial charge is 0.465 e. The molecule has 2 aromatic rings. The number of carbonyl (C=O) groups is 1. The summed E-state index contributed by atoms with van der Waals surface area (Å²) in [4.78, 5) is 23.6. The Morgan fingerprint density at radius 2 is 2.24 bits per heavy atom. The number of ether oxygens (including phenoxy) is 1. The third-order valence-electron chi connectivity index (χ3n) is 2.47. The summed E-state index contributed by atoms with van der Waals surface area (Å²) in [6, 6.07) is 1.74. The summed E-state index contributed by atoms with van der Waals surface area (Å²) in [6.07, 6.45) is 3.26. The summed E-state index contributed by atoms with van der Waals surface area (Å²) >= 11 is 2.08. The lowest BCUT2D eigenvalue weighted by atomic mass is 10.2. The molecule has 7 heteroatoms. The van der Waals surface area contributed by atoms with Crippen LogP contribution in [0, 0.1) is 0 Å². The van der Waals surface area contributed by atoms with Crippen molar-refractivity contribution >= 4 is 47.2 Å². The fourth-order valence-corrected chi connectivity index (χ4v) is 3.00. The number of aromatic nitrogens is 2. The zero-order chi connectivity index (χ0) is 12.6. The van der Waals surface area contributed by atoms with Gasteiger partial charge in [0.25, 0.3) is 5.56 Å². The van der Waals surface area contributed by atoms with E-state index in [1.807, 2.05) is 0 Å². The molecule has 2 rings (SSSR count). The first kappa shape index (κ1) is 12.5. The Morgan fingerprint density at radius 1 is 1.53 bits per heavy atom. The van der Waals surface area contributed by atoms with Gasteiger partial charge in [-0.1, -0.05) is 0 Å². The van der Waals surface area contributed by atoms with E-state index >= 15 is 0 Å². The van der Waals surface area contributed by atoms with E-state index in [2.05, 4.69) is 21.2 Å². The maximum absolute atomic E-state index is 12.0. The lowest BCUT2D eigenvalue weighted by Gasteiger charge is -2.05. The molecule has 0 spiro atoms. The van der Waals surface area contributed by atoms with Crippen molar-refractivity contribution < 1.29 is 9.53 Å². The van der Waals surface area contributed by atoms with Gasteiger partial charge in [0, 0.05) is 55.2 Å². The minimum Gasteiger partial charge on any atom is -0.465 e. The Morgan fingerprint density at radius 3 is 2.82 bits per heavy atom. The average molecular weight is 364 g/mol. The van der Waals surface area contributed by atoms with Gasteiger partial charge >= 0.3 is 5.97 Å². The highest BCUT2D eigenvalue weighted by atomic mass is 127. The van der Waals surface area contributed by atoms with Crippen LogP contribution in [0.1, 0.15) is 10.4 Å². The number of nitrogens with zero attached hydrogens (tertiary/aromatic N) is 2. The topological polar surface area (TPSA) is 53.2 Å². The van der Waals surface area contributed by atoms with Gasteiger partial charge in [-0.25, -0.2) is 4.79 Å². The molecular weight excluding hydrogens is 355 g/mol. The van der Waals surface area contributed by atoms with Crippen LogP contribution < -0.4 is 5.56 Å². The van der Waals surface area contributed by atoms with Crippen LogP contribution in [0.4, 0.5) is 0 Å². The lowest BCUT2D eigenvalue weighted by Crippen LogP contribution is -2.20. The van der Waals surface area contributed by atoms with Gasteiger partial charge in [0.05, 0.1) is 12.7 Å². The molecule has 2 heterocycles. The van der Waals surface area contributed by atoms with Crippen molar-refractivity contribution in [2.45, 2.75) is 0 Å². The van der Waals surface area contributed by atoms with Gasteiger partial charge in [-0.05, 0) is 6.07 Å². The summed E-state index contributed by atoms with van der Waals surface area (Å²) in [7, 11) is 4.31. The van der Waals surface area contributed by atoms with Crippen molar-refractivity contribution in [2.24, 2.45) is 7.05 Å². The number of hydrogen-bond donors (Lipinski definition) is 0. The average Bonchev–Trinajstić information content (AvgIpc) is 2.76. The summed E-state index contributed by atoms with van der Waals surface area (Å²) < 4.78 is 7.82. The first-order valence-electron chi connectivity index (χ1n) is 4.68. The molecule has 0 saturated carbocycles. The maximum atomic E-state index is 12.0. The van der Waals surface area contributed by atoms with Crippen LogP contribution in [0.15, 0.2) is 23.3 Å². The van der Waals surface area contributed by atoms with Crippen LogP contribution in [0.2, 0.25) is 0 Å². The molecule has 0 aliphatic carbocycles. The molecule has 0 N–H and O–H groups in total. The van der Waals surface area contributed by atoms with E-state index in [-0.39, 0.29) is 5.56 Å². The highest BCUT2D eigenvalue weighted by molar-refractivity contribution is 14.2. The van der Waals surface area contributed by atoms with Gasteiger partial charge in [0.1, 0.15) is 5.52 Å². The van der Waals surface area contributed by atoms with E-state index in [4.69, 9.17) is 4.74 Å². The molecule has 2 aromatic heterocycles. The van der Waals surface area contributed by atoms with E-state index < -0.39 is 5.97 Å². The van der Waals surface area contributed by atoms with Crippen LogP contribution in [0.5, 0.6) is 0 Å². The summed E-state index contributed by atoms with van der Waals surface area (Å²) in [5.74, 6) is -0.443. The quantitative estimate of drug-likeness (QED) is 0.604. The fraction of sp³-hybridized carbons (Fsp3) is 0.200. The Labute approximate surface area is 113 Å². The van der Waals surface area contributed by atoms with Crippen molar-refractivity contribution in [3.63, 3.8) is 0 Å². The molecule has 0 amide bonds. The number of carbonyl (C=O) groups excluding carboxylic acids is 1. The molecule has 0 aromatic carbocycles. The summed E-state index contributed by atoms with van der Waals surface area (Å²) in [6.45, 7) is 0. The first-order valence-corrected chi connectivity index (χ1v) is 8.00. The predicted molar refractivity (Wildman–Crippen MR) is 75.5 cm³/mol. The molecular formula is C10H9IN2O3S. The number of fused-ring (bicyclic) bond motifs is 1. The van der Waals surface area contributed by atoms with Crippen molar-refractivity contribution in [1.82, 2.24) is 8.54 Å². The smallest absolute Gasteiger partial charge is 0.340 e. The Bertz CT molecular complexity index is 647. The maximum Gasteiger partial charge on any atom is 0.340 e. The van der Waals surface area contributed by atoms with E-state index in [9.17, 15) is 9.59 Å². The third kappa shape index (κ3) is 1.97. The number of pyridine rings is 1. The molecule has 0 aliphatic rings. The second-order valence-electron chi connectivity index (χ2n) is 3.42. The van der Waals surface area contributed by atoms with Crippen molar-refractivity contribution in [1.29, 1.82) is 0 Å². The molecule has 0 fully saturated rings. The summed E-state index contributed by atoms with van der Waals surface area (Å²) in [5.41, 5.74) is 0.755. The molecule has 0 saturated heterocycles. The standard InChI is InChI=1S/C10H9IN2O3S/c1-12-5-7(10(15)16-2)6-3-4-13(17-11)8(6)9(12)14/h3-5H,1-2H3. The van der Waals surface area contributed by atoms with E-state index in [1.165, 1.54) is 27.0 Å². The van der Waals surface area contributed by atoms with E-state index in [0.29, 0.717) is 16.5 Å². The molecule has 0 radical (unpaired) electrons. The molecule has 90 valence electrons. The van der Waals surface area contributed by atoms with Crippen molar-refractivity contribution in [2.75, 3.05) is 7.11 Å². The lowest BCUT2D eigenvalue weighted by molar-refractivity contribution is 0.0602. The van der Waals surface area contributed by atoms with E-state index in [0.717, 1.165) is 0 Å². The van der Waals surface area contributed by atoms with Crippen LogP contribution in [-0.2, 0) is 11.8 Å². The van der Waals surface area contributed by atoms with Gasteiger partial charge in [-0.15, -0.1) is 0 Å². The minimum absolute atomic E-state index is 0.137. The van der Waals surface area contributed by atoms with Crippen LogP contribution in [0.25, 0.3) is 10.9 Å². The first-order chi connectivity index (χ1) is 8.10. The molecule has 0 unspecified atom stereocenters. The highest BCUT2D eigenvalue weighted by Crippen LogP contribution is 2.24. The number of esters is 1. The number of aryl methyl sites for hydroxylation is 1. The molecule has 5 nitrogen and oxygen atoms in total. The van der Waals surface area contributed by atoms with Gasteiger partial charge < -0.3 is 9.30 Å². The zero-order valence-corrected chi connectivity index (χ0v) is 12.1. The number of halogens is 1. The normalized spacial score (nSPS) is 10.8. The molecule has 0 bridgehead atoms.